The van der Waals surface area contributed by atoms with E-state index in [1.807, 2.05) is 0 Å². The molecule has 2 atom stereocenters. The van der Waals surface area contributed by atoms with E-state index < -0.39 is 0 Å². The highest BCUT2D eigenvalue weighted by Crippen LogP contribution is 2.28. The van der Waals surface area contributed by atoms with E-state index in [2.05, 4.69) is 10.3 Å². The lowest BCUT2D eigenvalue weighted by atomic mass is 9.79. The van der Waals surface area contributed by atoms with Gasteiger partial charge in [-0.15, -0.1) is 0 Å². The second-order valence-electron chi connectivity index (χ2n) is 5.31. The maximum atomic E-state index is 12.2. The summed E-state index contributed by atoms with van der Waals surface area (Å²) in [6, 6.07) is 3.46. The average Bonchev–Trinajstić information content (AvgIpc) is 2.52. The Hall–Kier alpha value is -1.62. The standard InChI is InChI=1S/C15H23N3O2/c1-20-15-13(7-4-8-17-15)14(19)18-10-12-6-3-2-5-11(12)9-16/h4,7-8,11-12H,2-3,5-6,9-10,16H2,1H3,(H,18,19). The van der Waals surface area contributed by atoms with Gasteiger partial charge < -0.3 is 15.8 Å². The van der Waals surface area contributed by atoms with Crippen LogP contribution in [0.5, 0.6) is 5.88 Å². The summed E-state index contributed by atoms with van der Waals surface area (Å²) >= 11 is 0. The molecule has 1 amide bonds. The molecule has 0 saturated heterocycles. The van der Waals surface area contributed by atoms with Gasteiger partial charge >= 0.3 is 0 Å². The SMILES string of the molecule is COc1ncccc1C(=O)NCC1CCCCC1CN. The Labute approximate surface area is 119 Å². The summed E-state index contributed by atoms with van der Waals surface area (Å²) in [6.07, 6.45) is 6.41. The van der Waals surface area contributed by atoms with Crippen molar-refractivity contribution in [3.63, 3.8) is 0 Å². The van der Waals surface area contributed by atoms with E-state index >= 15 is 0 Å². The zero-order valence-electron chi connectivity index (χ0n) is 12.0. The highest BCUT2D eigenvalue weighted by atomic mass is 16.5. The van der Waals surface area contributed by atoms with Crippen LogP contribution in [0.2, 0.25) is 0 Å². The van der Waals surface area contributed by atoms with Crippen LogP contribution in [-0.2, 0) is 0 Å². The van der Waals surface area contributed by atoms with Crippen LogP contribution < -0.4 is 15.8 Å². The van der Waals surface area contributed by atoms with Crippen LogP contribution in [0.25, 0.3) is 0 Å². The lowest BCUT2D eigenvalue weighted by Crippen LogP contribution is -2.37. The highest BCUT2D eigenvalue weighted by molar-refractivity contribution is 5.96. The summed E-state index contributed by atoms with van der Waals surface area (Å²) in [5, 5.41) is 2.99. The predicted molar refractivity (Wildman–Crippen MR) is 77.6 cm³/mol. The van der Waals surface area contributed by atoms with Gasteiger partial charge in [0, 0.05) is 12.7 Å². The molecule has 0 bridgehead atoms. The molecule has 1 aliphatic carbocycles. The summed E-state index contributed by atoms with van der Waals surface area (Å²) in [4.78, 5) is 16.2. The van der Waals surface area contributed by atoms with Crippen molar-refractivity contribution in [3.05, 3.63) is 23.9 Å². The molecular formula is C15H23N3O2. The number of carbonyl (C=O) groups excluding carboxylic acids is 1. The largest absolute Gasteiger partial charge is 0.480 e. The van der Waals surface area contributed by atoms with Crippen molar-refractivity contribution in [2.45, 2.75) is 25.7 Å². The smallest absolute Gasteiger partial charge is 0.256 e. The van der Waals surface area contributed by atoms with E-state index in [4.69, 9.17) is 10.5 Å². The Morgan fingerprint density at radius 2 is 2.20 bits per heavy atom. The monoisotopic (exact) mass is 277 g/mol. The fourth-order valence-electron chi connectivity index (χ4n) is 2.91. The van der Waals surface area contributed by atoms with E-state index in [1.54, 1.807) is 18.3 Å². The molecule has 5 heteroatoms. The molecule has 20 heavy (non-hydrogen) atoms. The summed E-state index contributed by atoms with van der Waals surface area (Å²) in [5.41, 5.74) is 6.30. The average molecular weight is 277 g/mol. The van der Waals surface area contributed by atoms with Gasteiger partial charge in [-0.25, -0.2) is 4.98 Å². The molecule has 1 aromatic rings. The molecule has 5 nitrogen and oxygen atoms in total. The van der Waals surface area contributed by atoms with Gasteiger partial charge in [-0.3, -0.25) is 4.79 Å². The summed E-state index contributed by atoms with van der Waals surface area (Å²) in [6.45, 7) is 1.38. The molecule has 0 spiro atoms. The van der Waals surface area contributed by atoms with E-state index in [0.29, 0.717) is 36.4 Å². The van der Waals surface area contributed by atoms with Crippen LogP contribution in [-0.4, -0.2) is 31.1 Å². The van der Waals surface area contributed by atoms with Crippen LogP contribution in [0, 0.1) is 11.8 Å². The van der Waals surface area contributed by atoms with Gasteiger partial charge in [0.25, 0.3) is 5.91 Å². The number of hydrogen-bond acceptors (Lipinski definition) is 4. The molecule has 0 radical (unpaired) electrons. The first kappa shape index (κ1) is 14.8. The number of rotatable bonds is 5. The molecule has 2 unspecified atom stereocenters. The summed E-state index contributed by atoms with van der Waals surface area (Å²) in [7, 11) is 1.52. The molecule has 2 rings (SSSR count). The fourth-order valence-corrected chi connectivity index (χ4v) is 2.91. The Balaban J connectivity index is 1.94. The van der Waals surface area contributed by atoms with Gasteiger partial charge in [0.1, 0.15) is 5.56 Å². The normalized spacial score (nSPS) is 22.3. The van der Waals surface area contributed by atoms with Crippen LogP contribution in [0.4, 0.5) is 0 Å². The fraction of sp³-hybridized carbons (Fsp3) is 0.600. The molecule has 1 aliphatic rings. The zero-order valence-corrected chi connectivity index (χ0v) is 12.0. The van der Waals surface area contributed by atoms with Crippen molar-refractivity contribution in [1.82, 2.24) is 10.3 Å². The lowest BCUT2D eigenvalue weighted by molar-refractivity contribution is 0.0931. The molecule has 0 aliphatic heterocycles. The van der Waals surface area contributed by atoms with Crippen molar-refractivity contribution < 1.29 is 9.53 Å². The first-order valence-electron chi connectivity index (χ1n) is 7.23. The molecular weight excluding hydrogens is 254 g/mol. The quantitative estimate of drug-likeness (QED) is 0.856. The molecule has 1 saturated carbocycles. The van der Waals surface area contributed by atoms with Crippen molar-refractivity contribution in [1.29, 1.82) is 0 Å². The zero-order chi connectivity index (χ0) is 14.4. The first-order chi connectivity index (χ1) is 9.76. The molecule has 0 aromatic carbocycles. The number of amides is 1. The minimum atomic E-state index is -0.128. The Morgan fingerprint density at radius 1 is 1.45 bits per heavy atom. The summed E-state index contributed by atoms with van der Waals surface area (Å²) in [5.74, 6) is 1.25. The molecule has 110 valence electrons. The number of methoxy groups -OCH3 is 1. The lowest BCUT2D eigenvalue weighted by Gasteiger charge is -2.30. The molecule has 3 N–H and O–H groups in total. The second kappa shape index (κ2) is 7.24. The van der Waals surface area contributed by atoms with Gasteiger partial charge in [0.2, 0.25) is 5.88 Å². The van der Waals surface area contributed by atoms with Crippen LogP contribution in [0.1, 0.15) is 36.0 Å². The minimum absolute atomic E-state index is 0.128. The van der Waals surface area contributed by atoms with Crippen LogP contribution in [0.3, 0.4) is 0 Å². The number of carbonyl (C=O) groups is 1. The first-order valence-corrected chi connectivity index (χ1v) is 7.23. The second-order valence-corrected chi connectivity index (χ2v) is 5.31. The van der Waals surface area contributed by atoms with Gasteiger partial charge in [-0.05, 0) is 43.4 Å². The Kier molecular flexibility index (Phi) is 5.35. The van der Waals surface area contributed by atoms with Crippen LogP contribution >= 0.6 is 0 Å². The number of ether oxygens (including phenoxy) is 1. The third-order valence-electron chi connectivity index (χ3n) is 4.10. The van der Waals surface area contributed by atoms with Gasteiger partial charge in [-0.2, -0.15) is 0 Å². The highest BCUT2D eigenvalue weighted by Gasteiger charge is 2.24. The van der Waals surface area contributed by atoms with Gasteiger partial charge in [0.15, 0.2) is 0 Å². The van der Waals surface area contributed by atoms with Crippen LogP contribution in [0.15, 0.2) is 18.3 Å². The van der Waals surface area contributed by atoms with Crippen molar-refractivity contribution in [3.8, 4) is 5.88 Å². The van der Waals surface area contributed by atoms with E-state index in [9.17, 15) is 4.79 Å². The molecule has 1 fully saturated rings. The van der Waals surface area contributed by atoms with E-state index in [-0.39, 0.29) is 5.91 Å². The number of aromatic nitrogens is 1. The van der Waals surface area contributed by atoms with Crippen molar-refractivity contribution >= 4 is 5.91 Å². The number of hydrogen-bond donors (Lipinski definition) is 2. The Bertz CT molecular complexity index is 450. The minimum Gasteiger partial charge on any atom is -0.480 e. The van der Waals surface area contributed by atoms with Gasteiger partial charge in [-0.1, -0.05) is 12.8 Å². The third kappa shape index (κ3) is 3.48. The molecule has 1 aromatic heterocycles. The topological polar surface area (TPSA) is 77.2 Å². The summed E-state index contributed by atoms with van der Waals surface area (Å²) < 4.78 is 5.11. The Morgan fingerprint density at radius 3 is 2.90 bits per heavy atom. The predicted octanol–water partition coefficient (Wildman–Crippen LogP) is 1.59. The number of pyridine rings is 1. The number of nitrogens with one attached hydrogen (secondary N) is 1. The maximum Gasteiger partial charge on any atom is 0.256 e. The van der Waals surface area contributed by atoms with E-state index in [0.717, 1.165) is 6.42 Å². The maximum absolute atomic E-state index is 12.2. The van der Waals surface area contributed by atoms with Crippen molar-refractivity contribution in [2.75, 3.05) is 20.2 Å². The van der Waals surface area contributed by atoms with Crippen molar-refractivity contribution in [2.24, 2.45) is 17.6 Å². The number of nitrogens with zero attached hydrogens (tertiary/aromatic N) is 1. The van der Waals surface area contributed by atoms with E-state index in [1.165, 1.54) is 26.4 Å². The third-order valence-corrected chi connectivity index (χ3v) is 4.10. The van der Waals surface area contributed by atoms with Gasteiger partial charge in [0.05, 0.1) is 7.11 Å². The molecule has 1 heterocycles. The number of nitrogens with two attached hydrogens (primary N) is 1.